The third-order valence-electron chi connectivity index (χ3n) is 6.53. The average molecular weight is 348 g/mol. The fourth-order valence-electron chi connectivity index (χ4n) is 5.26. The molecule has 0 aromatic heterocycles. The average Bonchev–Trinajstić information content (AvgIpc) is 3.35. The predicted molar refractivity (Wildman–Crippen MR) is 101 cm³/mol. The normalized spacial score (nSPS) is 25.3. The number of hydrogen-bond donors (Lipinski definition) is 1. The summed E-state index contributed by atoms with van der Waals surface area (Å²) in [6, 6.07) is 17.4. The van der Waals surface area contributed by atoms with Crippen LogP contribution in [0.5, 0.6) is 0 Å². The number of aliphatic hydroxyl groups is 1. The summed E-state index contributed by atoms with van der Waals surface area (Å²) in [6.07, 6.45) is 3.04. The lowest BCUT2D eigenvalue weighted by atomic mass is 9.81. The standard InChI is InChI=1S/C22H24N2O2/c25-12-11-24-20-8-4-3-7-19(20)22(21(24)26)9-10-23(15-22)18-13-16-5-1-2-6-17(16)14-18/h1-8,18,25H,9-15H2. The summed E-state index contributed by atoms with van der Waals surface area (Å²) >= 11 is 0. The van der Waals surface area contributed by atoms with E-state index in [4.69, 9.17) is 0 Å². The highest BCUT2D eigenvalue weighted by Gasteiger charge is 2.55. The van der Waals surface area contributed by atoms with Crippen molar-refractivity contribution in [3.8, 4) is 0 Å². The lowest BCUT2D eigenvalue weighted by molar-refractivity contribution is -0.123. The van der Waals surface area contributed by atoms with E-state index in [0.717, 1.165) is 43.6 Å². The Balaban J connectivity index is 1.44. The van der Waals surface area contributed by atoms with Crippen molar-refractivity contribution < 1.29 is 9.90 Å². The van der Waals surface area contributed by atoms with Crippen LogP contribution in [0.25, 0.3) is 0 Å². The van der Waals surface area contributed by atoms with Gasteiger partial charge in [-0.15, -0.1) is 0 Å². The van der Waals surface area contributed by atoms with Gasteiger partial charge < -0.3 is 10.0 Å². The molecule has 5 rings (SSSR count). The summed E-state index contributed by atoms with van der Waals surface area (Å²) in [5, 5.41) is 9.42. The second-order valence-corrected chi connectivity index (χ2v) is 7.83. The van der Waals surface area contributed by atoms with Crippen LogP contribution < -0.4 is 4.90 Å². The molecular weight excluding hydrogens is 324 g/mol. The van der Waals surface area contributed by atoms with Gasteiger partial charge in [0, 0.05) is 24.8 Å². The number of anilines is 1. The molecule has 1 N–H and O–H groups in total. The van der Waals surface area contributed by atoms with E-state index in [1.54, 1.807) is 4.90 Å². The molecule has 2 heterocycles. The molecule has 1 atom stereocenters. The van der Waals surface area contributed by atoms with Crippen LogP contribution in [0.4, 0.5) is 5.69 Å². The van der Waals surface area contributed by atoms with Crippen molar-refractivity contribution in [2.75, 3.05) is 31.1 Å². The zero-order chi connectivity index (χ0) is 17.7. The molecule has 2 aromatic carbocycles. The molecule has 1 fully saturated rings. The number of para-hydroxylation sites is 1. The minimum absolute atomic E-state index is 0.00218. The summed E-state index contributed by atoms with van der Waals surface area (Å²) in [5.41, 5.74) is 4.62. The molecule has 134 valence electrons. The highest BCUT2D eigenvalue weighted by Crippen LogP contribution is 2.48. The van der Waals surface area contributed by atoms with Crippen LogP contribution in [0.15, 0.2) is 48.5 Å². The van der Waals surface area contributed by atoms with Gasteiger partial charge in [0.25, 0.3) is 0 Å². The number of amides is 1. The summed E-state index contributed by atoms with van der Waals surface area (Å²) in [5.74, 6) is 0.172. The van der Waals surface area contributed by atoms with E-state index in [1.807, 2.05) is 18.2 Å². The molecule has 2 aromatic rings. The Morgan fingerprint density at radius 2 is 1.73 bits per heavy atom. The minimum atomic E-state index is -0.430. The van der Waals surface area contributed by atoms with Gasteiger partial charge in [-0.05, 0) is 48.6 Å². The van der Waals surface area contributed by atoms with Crippen LogP contribution in [-0.4, -0.2) is 48.2 Å². The van der Waals surface area contributed by atoms with E-state index in [1.165, 1.54) is 11.1 Å². The quantitative estimate of drug-likeness (QED) is 0.924. The van der Waals surface area contributed by atoms with Crippen LogP contribution in [0.2, 0.25) is 0 Å². The topological polar surface area (TPSA) is 43.8 Å². The minimum Gasteiger partial charge on any atom is -0.395 e. The third-order valence-corrected chi connectivity index (χ3v) is 6.53. The second kappa shape index (κ2) is 5.93. The summed E-state index contributed by atoms with van der Waals surface area (Å²) < 4.78 is 0. The number of fused-ring (bicyclic) bond motifs is 3. The Kier molecular flexibility index (Phi) is 3.66. The van der Waals surface area contributed by atoms with Crippen LogP contribution >= 0.6 is 0 Å². The molecule has 0 radical (unpaired) electrons. The molecule has 2 aliphatic heterocycles. The Hall–Kier alpha value is -2.17. The van der Waals surface area contributed by atoms with E-state index >= 15 is 0 Å². The van der Waals surface area contributed by atoms with Crippen molar-refractivity contribution in [3.05, 3.63) is 65.2 Å². The maximum Gasteiger partial charge on any atom is 0.239 e. The van der Waals surface area contributed by atoms with Gasteiger partial charge in [-0.2, -0.15) is 0 Å². The van der Waals surface area contributed by atoms with Gasteiger partial charge in [0.2, 0.25) is 5.91 Å². The Morgan fingerprint density at radius 3 is 2.46 bits per heavy atom. The number of likely N-dealkylation sites (tertiary alicyclic amines) is 1. The number of rotatable bonds is 3. The molecule has 4 heteroatoms. The zero-order valence-electron chi connectivity index (χ0n) is 14.9. The number of benzene rings is 2. The van der Waals surface area contributed by atoms with Crippen molar-refractivity contribution in [3.63, 3.8) is 0 Å². The summed E-state index contributed by atoms with van der Waals surface area (Å²) in [6.45, 7) is 2.14. The fourth-order valence-corrected chi connectivity index (χ4v) is 5.26. The number of β-amino-alcohol motifs (C(OH)–C–C–N with tert-alkyl or cyclic N) is 1. The van der Waals surface area contributed by atoms with Crippen molar-refractivity contribution in [1.29, 1.82) is 0 Å². The maximum absolute atomic E-state index is 13.3. The van der Waals surface area contributed by atoms with Crippen molar-refractivity contribution in [2.45, 2.75) is 30.7 Å². The van der Waals surface area contributed by atoms with Gasteiger partial charge in [-0.3, -0.25) is 9.69 Å². The van der Waals surface area contributed by atoms with Crippen molar-refractivity contribution >= 4 is 11.6 Å². The lowest BCUT2D eigenvalue weighted by Gasteiger charge is -2.27. The number of carbonyl (C=O) groups excluding carboxylic acids is 1. The molecule has 1 unspecified atom stereocenters. The number of aliphatic hydroxyl groups excluding tert-OH is 1. The molecule has 1 saturated heterocycles. The van der Waals surface area contributed by atoms with Crippen molar-refractivity contribution in [1.82, 2.24) is 4.90 Å². The molecule has 4 nitrogen and oxygen atoms in total. The predicted octanol–water partition coefficient (Wildman–Crippen LogP) is 2.14. The van der Waals surface area contributed by atoms with Crippen LogP contribution in [-0.2, 0) is 23.1 Å². The molecule has 0 saturated carbocycles. The fraction of sp³-hybridized carbons (Fsp3) is 0.409. The molecule has 1 spiro atoms. The van der Waals surface area contributed by atoms with Crippen LogP contribution in [0.3, 0.4) is 0 Å². The first kappa shape index (κ1) is 16.0. The maximum atomic E-state index is 13.3. The van der Waals surface area contributed by atoms with Crippen molar-refractivity contribution in [2.24, 2.45) is 0 Å². The monoisotopic (exact) mass is 348 g/mol. The molecule has 1 aliphatic carbocycles. The van der Waals surface area contributed by atoms with E-state index in [-0.39, 0.29) is 12.5 Å². The Bertz CT molecular complexity index is 840. The van der Waals surface area contributed by atoms with E-state index < -0.39 is 5.41 Å². The first-order valence-corrected chi connectivity index (χ1v) is 9.56. The third kappa shape index (κ3) is 2.19. The Morgan fingerprint density at radius 1 is 1.04 bits per heavy atom. The van der Waals surface area contributed by atoms with E-state index in [9.17, 15) is 9.90 Å². The van der Waals surface area contributed by atoms with Gasteiger partial charge in [-0.1, -0.05) is 42.5 Å². The number of hydrogen-bond acceptors (Lipinski definition) is 3. The highest BCUT2D eigenvalue weighted by atomic mass is 16.3. The number of carbonyl (C=O) groups is 1. The van der Waals surface area contributed by atoms with Gasteiger partial charge in [0.15, 0.2) is 0 Å². The molecular formula is C22H24N2O2. The second-order valence-electron chi connectivity index (χ2n) is 7.83. The number of nitrogens with zero attached hydrogens (tertiary/aromatic N) is 2. The zero-order valence-corrected chi connectivity index (χ0v) is 14.9. The smallest absolute Gasteiger partial charge is 0.239 e. The first-order chi connectivity index (χ1) is 12.7. The van der Waals surface area contributed by atoms with E-state index in [0.29, 0.717) is 12.6 Å². The lowest BCUT2D eigenvalue weighted by Crippen LogP contribution is -2.45. The van der Waals surface area contributed by atoms with Gasteiger partial charge in [-0.25, -0.2) is 0 Å². The SMILES string of the molecule is O=C1N(CCO)c2ccccc2C12CCN(C1Cc3ccccc3C1)C2. The van der Waals surface area contributed by atoms with Gasteiger partial charge in [0.05, 0.1) is 12.0 Å². The molecule has 26 heavy (non-hydrogen) atoms. The largest absolute Gasteiger partial charge is 0.395 e. The van der Waals surface area contributed by atoms with Gasteiger partial charge >= 0.3 is 0 Å². The summed E-state index contributed by atoms with van der Waals surface area (Å²) in [7, 11) is 0. The Labute approximate surface area is 154 Å². The first-order valence-electron chi connectivity index (χ1n) is 9.56. The molecule has 1 amide bonds. The molecule has 0 bridgehead atoms. The summed E-state index contributed by atoms with van der Waals surface area (Å²) in [4.78, 5) is 17.7. The molecule has 3 aliphatic rings. The highest BCUT2D eigenvalue weighted by molar-refractivity contribution is 6.08. The van der Waals surface area contributed by atoms with Crippen LogP contribution in [0.1, 0.15) is 23.1 Å². The van der Waals surface area contributed by atoms with Gasteiger partial charge in [0.1, 0.15) is 0 Å². The van der Waals surface area contributed by atoms with Crippen LogP contribution in [0, 0.1) is 0 Å². The van der Waals surface area contributed by atoms with E-state index in [2.05, 4.69) is 35.2 Å².